The Labute approximate surface area is 146 Å². The number of anilines is 1. The lowest BCUT2D eigenvalue weighted by atomic mass is 10.0. The lowest BCUT2D eigenvalue weighted by Gasteiger charge is -2.35. The van der Waals surface area contributed by atoms with Crippen LogP contribution in [0.15, 0.2) is 30.7 Å². The number of carbonyl (C=O) groups is 2. The Hall–Kier alpha value is -2.90. The number of amides is 3. The fraction of sp³-hybridized carbons (Fsp3) is 0.412. The third-order valence-electron chi connectivity index (χ3n) is 4.42. The highest BCUT2D eigenvalue weighted by atomic mass is 16.2. The van der Waals surface area contributed by atoms with Crippen molar-refractivity contribution in [2.45, 2.75) is 38.8 Å². The largest absolute Gasteiger partial charge is 0.364 e. The van der Waals surface area contributed by atoms with Crippen LogP contribution in [0, 0.1) is 0 Å². The Bertz CT molecular complexity index is 755. The lowest BCUT2D eigenvalue weighted by Crippen LogP contribution is -2.42. The van der Waals surface area contributed by atoms with Crippen molar-refractivity contribution in [3.63, 3.8) is 0 Å². The fourth-order valence-electron chi connectivity index (χ4n) is 3.14. The Balaban J connectivity index is 1.75. The van der Waals surface area contributed by atoms with E-state index in [0.717, 1.165) is 31.6 Å². The number of nitrogens with zero attached hydrogens (tertiary/aromatic N) is 4. The van der Waals surface area contributed by atoms with E-state index in [1.165, 1.54) is 12.3 Å². The van der Waals surface area contributed by atoms with E-state index >= 15 is 0 Å². The molecule has 2 aromatic heterocycles. The minimum absolute atomic E-state index is 0.0402. The molecule has 3 heterocycles. The van der Waals surface area contributed by atoms with Gasteiger partial charge in [-0.2, -0.15) is 0 Å². The highest BCUT2D eigenvalue weighted by molar-refractivity contribution is 5.92. The minimum atomic E-state index is -0.597. The number of nitrogens with one attached hydrogen (secondary N) is 1. The SMILES string of the molecule is CCn1ccnc1C1CCCCN1C(=O)Nc1ccc(C(N)=O)nc1. The molecule has 3 N–H and O–H groups in total. The summed E-state index contributed by atoms with van der Waals surface area (Å²) >= 11 is 0. The molecule has 0 bridgehead atoms. The third-order valence-corrected chi connectivity index (χ3v) is 4.42. The van der Waals surface area contributed by atoms with Crippen LogP contribution in [0.1, 0.15) is 48.5 Å². The van der Waals surface area contributed by atoms with Gasteiger partial charge >= 0.3 is 6.03 Å². The van der Waals surface area contributed by atoms with Crippen molar-refractivity contribution >= 4 is 17.6 Å². The molecule has 0 aliphatic carbocycles. The maximum Gasteiger partial charge on any atom is 0.322 e. The Morgan fingerprint density at radius 2 is 2.16 bits per heavy atom. The summed E-state index contributed by atoms with van der Waals surface area (Å²) in [7, 11) is 0. The highest BCUT2D eigenvalue weighted by Crippen LogP contribution is 2.30. The first-order valence-electron chi connectivity index (χ1n) is 8.44. The first kappa shape index (κ1) is 16.9. The van der Waals surface area contributed by atoms with E-state index in [4.69, 9.17) is 5.73 Å². The number of urea groups is 1. The second-order valence-corrected chi connectivity index (χ2v) is 6.00. The number of hydrogen-bond donors (Lipinski definition) is 2. The van der Waals surface area contributed by atoms with Gasteiger partial charge in [-0.25, -0.2) is 14.8 Å². The number of hydrogen-bond acceptors (Lipinski definition) is 4. The van der Waals surface area contributed by atoms with Gasteiger partial charge in [0.05, 0.1) is 17.9 Å². The van der Waals surface area contributed by atoms with Crippen molar-refractivity contribution in [1.82, 2.24) is 19.4 Å². The predicted molar refractivity (Wildman–Crippen MR) is 93.0 cm³/mol. The summed E-state index contributed by atoms with van der Waals surface area (Å²) in [5, 5.41) is 2.84. The molecular weight excluding hydrogens is 320 g/mol. The zero-order valence-corrected chi connectivity index (χ0v) is 14.2. The summed E-state index contributed by atoms with van der Waals surface area (Å²) in [6, 6.07) is 2.89. The van der Waals surface area contributed by atoms with Crippen molar-refractivity contribution in [3.8, 4) is 0 Å². The molecule has 0 radical (unpaired) electrons. The number of aromatic nitrogens is 3. The molecule has 0 aromatic carbocycles. The smallest absolute Gasteiger partial charge is 0.322 e. The number of likely N-dealkylation sites (tertiary alicyclic amines) is 1. The van der Waals surface area contributed by atoms with Crippen molar-refractivity contribution in [2.75, 3.05) is 11.9 Å². The molecule has 132 valence electrons. The Kier molecular flexibility index (Phi) is 4.97. The minimum Gasteiger partial charge on any atom is -0.364 e. The average Bonchev–Trinajstić information content (AvgIpc) is 3.10. The van der Waals surface area contributed by atoms with E-state index in [1.807, 2.05) is 11.1 Å². The van der Waals surface area contributed by atoms with Gasteiger partial charge in [-0.1, -0.05) is 0 Å². The predicted octanol–water partition coefficient (Wildman–Crippen LogP) is 2.16. The first-order valence-corrected chi connectivity index (χ1v) is 8.44. The standard InChI is InChI=1S/C17H22N6O2/c1-2-22-10-8-19-16(22)14-5-3-4-9-23(14)17(25)21-12-6-7-13(15(18)24)20-11-12/h6-8,10-11,14H,2-5,9H2,1H3,(H2,18,24)(H,21,25). The van der Waals surface area contributed by atoms with Crippen LogP contribution in [0.5, 0.6) is 0 Å². The molecule has 25 heavy (non-hydrogen) atoms. The van der Waals surface area contributed by atoms with E-state index in [9.17, 15) is 9.59 Å². The van der Waals surface area contributed by atoms with Crippen LogP contribution in [0.3, 0.4) is 0 Å². The molecule has 1 aliphatic rings. The van der Waals surface area contributed by atoms with Gasteiger partial charge in [-0.3, -0.25) is 4.79 Å². The molecule has 3 rings (SSSR count). The Morgan fingerprint density at radius 3 is 2.84 bits per heavy atom. The van der Waals surface area contributed by atoms with Crippen molar-refractivity contribution in [3.05, 3.63) is 42.2 Å². The molecule has 1 unspecified atom stereocenters. The van der Waals surface area contributed by atoms with Gasteiger partial charge in [-0.05, 0) is 38.3 Å². The maximum absolute atomic E-state index is 12.7. The summed E-state index contributed by atoms with van der Waals surface area (Å²) in [6.07, 6.45) is 8.07. The molecule has 3 amide bonds. The molecule has 1 atom stereocenters. The average molecular weight is 342 g/mol. The summed E-state index contributed by atoms with van der Waals surface area (Å²) in [5.41, 5.74) is 5.87. The van der Waals surface area contributed by atoms with Crippen LogP contribution < -0.4 is 11.1 Å². The van der Waals surface area contributed by atoms with Crippen molar-refractivity contribution in [2.24, 2.45) is 5.73 Å². The first-order chi connectivity index (χ1) is 12.1. The van der Waals surface area contributed by atoms with E-state index in [0.29, 0.717) is 12.2 Å². The normalized spacial score (nSPS) is 17.3. The van der Waals surface area contributed by atoms with Crippen LogP contribution >= 0.6 is 0 Å². The number of aryl methyl sites for hydroxylation is 1. The van der Waals surface area contributed by atoms with Crippen LogP contribution in [0.2, 0.25) is 0 Å². The molecule has 1 fully saturated rings. The van der Waals surface area contributed by atoms with Gasteiger partial charge in [0.25, 0.3) is 5.91 Å². The Morgan fingerprint density at radius 1 is 1.32 bits per heavy atom. The molecule has 1 aliphatic heterocycles. The van der Waals surface area contributed by atoms with E-state index in [-0.39, 0.29) is 17.8 Å². The molecule has 8 heteroatoms. The van der Waals surface area contributed by atoms with Crippen LogP contribution in [-0.4, -0.2) is 37.9 Å². The summed E-state index contributed by atoms with van der Waals surface area (Å²) in [6.45, 7) is 3.56. The highest BCUT2D eigenvalue weighted by Gasteiger charge is 2.30. The van der Waals surface area contributed by atoms with Crippen LogP contribution in [0.4, 0.5) is 10.5 Å². The molecule has 1 saturated heterocycles. The molecular formula is C17H22N6O2. The maximum atomic E-state index is 12.7. The van der Waals surface area contributed by atoms with Gasteiger partial charge in [0.1, 0.15) is 11.5 Å². The van der Waals surface area contributed by atoms with Crippen molar-refractivity contribution in [1.29, 1.82) is 0 Å². The third kappa shape index (κ3) is 3.62. The molecule has 0 saturated carbocycles. The van der Waals surface area contributed by atoms with Gasteiger partial charge in [0.15, 0.2) is 0 Å². The number of rotatable bonds is 4. The number of pyridine rings is 1. The van der Waals surface area contributed by atoms with Crippen LogP contribution in [0.25, 0.3) is 0 Å². The van der Waals surface area contributed by atoms with E-state index < -0.39 is 5.91 Å². The molecule has 0 spiro atoms. The zero-order chi connectivity index (χ0) is 17.8. The molecule has 8 nitrogen and oxygen atoms in total. The monoisotopic (exact) mass is 342 g/mol. The molecule has 2 aromatic rings. The lowest BCUT2D eigenvalue weighted by molar-refractivity contribution is 0.0995. The van der Waals surface area contributed by atoms with Gasteiger partial charge in [-0.15, -0.1) is 0 Å². The quantitative estimate of drug-likeness (QED) is 0.888. The van der Waals surface area contributed by atoms with Gasteiger partial charge < -0.3 is 20.5 Å². The zero-order valence-electron chi connectivity index (χ0n) is 14.2. The second-order valence-electron chi connectivity index (χ2n) is 6.00. The van der Waals surface area contributed by atoms with Crippen LogP contribution in [-0.2, 0) is 6.54 Å². The number of primary amides is 1. The number of imidazole rings is 1. The van der Waals surface area contributed by atoms with E-state index in [1.54, 1.807) is 12.3 Å². The summed E-state index contributed by atoms with van der Waals surface area (Å²) in [5.74, 6) is 0.319. The topological polar surface area (TPSA) is 106 Å². The van der Waals surface area contributed by atoms with Crippen molar-refractivity contribution < 1.29 is 9.59 Å². The van der Waals surface area contributed by atoms with E-state index in [2.05, 4.69) is 26.8 Å². The fourth-order valence-corrected chi connectivity index (χ4v) is 3.14. The number of carbonyl (C=O) groups excluding carboxylic acids is 2. The van der Waals surface area contributed by atoms with Gasteiger partial charge in [0, 0.05) is 25.5 Å². The number of piperidine rings is 1. The van der Waals surface area contributed by atoms with Gasteiger partial charge in [0.2, 0.25) is 0 Å². The second kappa shape index (κ2) is 7.33. The summed E-state index contributed by atoms with van der Waals surface area (Å²) in [4.78, 5) is 34.0. The number of nitrogens with two attached hydrogens (primary N) is 1. The summed E-state index contributed by atoms with van der Waals surface area (Å²) < 4.78 is 2.07.